The predicted molar refractivity (Wildman–Crippen MR) is 78.4 cm³/mol. The molecule has 1 unspecified atom stereocenters. The van der Waals surface area contributed by atoms with Gasteiger partial charge in [-0.15, -0.1) is 0 Å². The van der Waals surface area contributed by atoms with E-state index in [1.165, 1.54) is 11.3 Å². The van der Waals surface area contributed by atoms with Gasteiger partial charge in [0, 0.05) is 39.0 Å². The van der Waals surface area contributed by atoms with Crippen LogP contribution in [0.25, 0.3) is 0 Å². The molecular weight excluding hydrogens is 224 g/mol. The Kier molecular flexibility index (Phi) is 6.76. The van der Waals surface area contributed by atoms with Crippen LogP contribution in [0, 0.1) is 0 Å². The monoisotopic (exact) mass is 250 g/mol. The van der Waals surface area contributed by atoms with Crippen molar-refractivity contribution in [2.24, 2.45) is 0 Å². The van der Waals surface area contributed by atoms with Gasteiger partial charge in [0.25, 0.3) is 0 Å². The number of aryl methyl sites for hydroxylation is 1. The van der Waals surface area contributed by atoms with E-state index in [0.717, 1.165) is 26.1 Å². The fourth-order valence-corrected chi connectivity index (χ4v) is 1.90. The molecule has 1 rings (SSSR count). The summed E-state index contributed by atoms with van der Waals surface area (Å²) >= 11 is 0. The van der Waals surface area contributed by atoms with Gasteiger partial charge in [-0.2, -0.15) is 0 Å². The van der Waals surface area contributed by atoms with Crippen LogP contribution in [-0.4, -0.2) is 39.9 Å². The van der Waals surface area contributed by atoms with Gasteiger partial charge in [0.2, 0.25) is 0 Å². The number of nitrogens with one attached hydrogen (secondary N) is 1. The van der Waals surface area contributed by atoms with Crippen molar-refractivity contribution in [1.82, 2.24) is 5.32 Å². The molecule has 0 fully saturated rings. The lowest BCUT2D eigenvalue weighted by atomic mass is 10.1. The Morgan fingerprint density at radius 3 is 2.50 bits per heavy atom. The van der Waals surface area contributed by atoms with E-state index in [1.807, 2.05) is 0 Å². The summed E-state index contributed by atoms with van der Waals surface area (Å²) in [6.07, 6.45) is 1.10. The lowest BCUT2D eigenvalue weighted by Gasteiger charge is -2.21. The van der Waals surface area contributed by atoms with Gasteiger partial charge in [-0.25, -0.2) is 0 Å². The van der Waals surface area contributed by atoms with Crippen molar-refractivity contribution in [2.45, 2.75) is 26.3 Å². The first-order chi connectivity index (χ1) is 8.67. The first kappa shape index (κ1) is 15.0. The van der Waals surface area contributed by atoms with Crippen LogP contribution in [0.15, 0.2) is 24.3 Å². The maximum atomic E-state index is 5.10. The SMILES string of the molecule is CCc1ccc(N(C)CCNC(C)COC)cc1. The largest absolute Gasteiger partial charge is 0.383 e. The van der Waals surface area contributed by atoms with E-state index in [0.29, 0.717) is 6.04 Å². The molecule has 3 heteroatoms. The number of hydrogen-bond donors (Lipinski definition) is 1. The van der Waals surface area contributed by atoms with Crippen LogP contribution in [-0.2, 0) is 11.2 Å². The average Bonchev–Trinajstić information content (AvgIpc) is 2.39. The molecule has 1 atom stereocenters. The van der Waals surface area contributed by atoms with Crippen LogP contribution < -0.4 is 10.2 Å². The number of rotatable bonds is 8. The minimum atomic E-state index is 0.408. The molecule has 0 bridgehead atoms. The van der Waals surface area contributed by atoms with Crippen LogP contribution in [0.2, 0.25) is 0 Å². The van der Waals surface area contributed by atoms with Crippen molar-refractivity contribution in [2.75, 3.05) is 38.8 Å². The predicted octanol–water partition coefficient (Wildman–Crippen LogP) is 2.31. The van der Waals surface area contributed by atoms with E-state index in [4.69, 9.17) is 4.74 Å². The fourth-order valence-electron chi connectivity index (χ4n) is 1.90. The standard InChI is InChI=1S/C15H26N2O/c1-5-14-6-8-15(9-7-14)17(3)11-10-16-13(2)12-18-4/h6-9,13,16H,5,10-12H2,1-4H3. The highest BCUT2D eigenvalue weighted by Gasteiger charge is 2.03. The van der Waals surface area contributed by atoms with Gasteiger partial charge in [0.15, 0.2) is 0 Å². The molecule has 1 aromatic carbocycles. The third kappa shape index (κ3) is 5.07. The molecule has 1 N–H and O–H groups in total. The number of likely N-dealkylation sites (N-methyl/N-ethyl adjacent to an activating group) is 1. The van der Waals surface area contributed by atoms with Crippen LogP contribution in [0.4, 0.5) is 5.69 Å². The molecule has 1 aromatic rings. The third-order valence-corrected chi connectivity index (χ3v) is 3.14. The third-order valence-electron chi connectivity index (χ3n) is 3.14. The van der Waals surface area contributed by atoms with Crippen molar-refractivity contribution in [3.63, 3.8) is 0 Å². The van der Waals surface area contributed by atoms with E-state index in [2.05, 4.69) is 55.4 Å². The molecule has 0 saturated heterocycles. The minimum absolute atomic E-state index is 0.408. The van der Waals surface area contributed by atoms with E-state index < -0.39 is 0 Å². The lowest BCUT2D eigenvalue weighted by Crippen LogP contribution is -2.36. The van der Waals surface area contributed by atoms with Gasteiger partial charge in [0.05, 0.1) is 6.61 Å². The van der Waals surface area contributed by atoms with Crippen LogP contribution in [0.1, 0.15) is 19.4 Å². The second kappa shape index (κ2) is 8.11. The molecule has 0 spiro atoms. The molecule has 0 aliphatic rings. The van der Waals surface area contributed by atoms with Gasteiger partial charge in [-0.1, -0.05) is 19.1 Å². The molecule has 0 amide bonds. The van der Waals surface area contributed by atoms with Crippen molar-refractivity contribution >= 4 is 5.69 Å². The summed E-state index contributed by atoms with van der Waals surface area (Å²) in [6, 6.07) is 9.19. The lowest BCUT2D eigenvalue weighted by molar-refractivity contribution is 0.173. The van der Waals surface area contributed by atoms with E-state index >= 15 is 0 Å². The Hall–Kier alpha value is -1.06. The fraction of sp³-hybridized carbons (Fsp3) is 0.600. The highest BCUT2D eigenvalue weighted by molar-refractivity contribution is 5.46. The number of nitrogens with zero attached hydrogens (tertiary/aromatic N) is 1. The molecule has 0 aromatic heterocycles. The molecule has 0 radical (unpaired) electrons. The summed E-state index contributed by atoms with van der Waals surface area (Å²) in [4.78, 5) is 2.27. The van der Waals surface area contributed by atoms with Crippen LogP contribution in [0.5, 0.6) is 0 Å². The maximum Gasteiger partial charge on any atom is 0.0613 e. The van der Waals surface area contributed by atoms with Gasteiger partial charge < -0.3 is 15.0 Å². The summed E-state index contributed by atoms with van der Waals surface area (Å²) in [5, 5.41) is 3.44. The molecule has 0 aliphatic heterocycles. The second-order valence-corrected chi connectivity index (χ2v) is 4.75. The smallest absolute Gasteiger partial charge is 0.0613 e. The van der Waals surface area contributed by atoms with Crippen molar-refractivity contribution in [3.8, 4) is 0 Å². The Bertz CT molecular complexity index is 324. The molecule has 102 valence electrons. The van der Waals surface area contributed by atoms with Gasteiger partial charge in [0.1, 0.15) is 0 Å². The zero-order valence-electron chi connectivity index (χ0n) is 12.1. The molecular formula is C15H26N2O. The van der Waals surface area contributed by atoms with E-state index in [9.17, 15) is 0 Å². The Labute approximate surface area is 111 Å². The summed E-state index contributed by atoms with van der Waals surface area (Å²) in [6.45, 7) is 7.05. The first-order valence-corrected chi connectivity index (χ1v) is 6.69. The molecule has 0 heterocycles. The summed E-state index contributed by atoms with van der Waals surface area (Å²) in [7, 11) is 3.86. The highest BCUT2D eigenvalue weighted by Crippen LogP contribution is 2.13. The Morgan fingerprint density at radius 1 is 1.28 bits per heavy atom. The number of benzene rings is 1. The molecule has 3 nitrogen and oxygen atoms in total. The Morgan fingerprint density at radius 2 is 1.94 bits per heavy atom. The molecule has 18 heavy (non-hydrogen) atoms. The second-order valence-electron chi connectivity index (χ2n) is 4.75. The summed E-state index contributed by atoms with van der Waals surface area (Å²) in [5.41, 5.74) is 2.66. The van der Waals surface area contributed by atoms with Crippen LogP contribution in [0.3, 0.4) is 0 Å². The maximum absolute atomic E-state index is 5.10. The zero-order chi connectivity index (χ0) is 13.4. The quantitative estimate of drug-likeness (QED) is 0.766. The van der Waals surface area contributed by atoms with Crippen molar-refractivity contribution in [3.05, 3.63) is 29.8 Å². The summed E-state index contributed by atoms with van der Waals surface area (Å²) < 4.78 is 5.10. The Balaban J connectivity index is 2.33. The van der Waals surface area contributed by atoms with Gasteiger partial charge in [-0.3, -0.25) is 0 Å². The van der Waals surface area contributed by atoms with E-state index in [-0.39, 0.29) is 0 Å². The number of methoxy groups -OCH3 is 1. The average molecular weight is 250 g/mol. The number of anilines is 1. The van der Waals surface area contributed by atoms with Gasteiger partial charge in [-0.05, 0) is 31.0 Å². The van der Waals surface area contributed by atoms with Gasteiger partial charge >= 0.3 is 0 Å². The number of ether oxygens (including phenoxy) is 1. The topological polar surface area (TPSA) is 24.5 Å². The normalized spacial score (nSPS) is 12.4. The molecule has 0 aliphatic carbocycles. The zero-order valence-corrected chi connectivity index (χ0v) is 12.1. The van der Waals surface area contributed by atoms with Crippen molar-refractivity contribution < 1.29 is 4.74 Å². The van der Waals surface area contributed by atoms with Crippen LogP contribution >= 0.6 is 0 Å². The first-order valence-electron chi connectivity index (χ1n) is 6.69. The highest BCUT2D eigenvalue weighted by atomic mass is 16.5. The number of hydrogen-bond acceptors (Lipinski definition) is 3. The van der Waals surface area contributed by atoms with Crippen molar-refractivity contribution in [1.29, 1.82) is 0 Å². The van der Waals surface area contributed by atoms with E-state index in [1.54, 1.807) is 7.11 Å². The minimum Gasteiger partial charge on any atom is -0.383 e. The molecule has 0 saturated carbocycles. The summed E-state index contributed by atoms with van der Waals surface area (Å²) in [5.74, 6) is 0.